The molecule has 1 atom stereocenters. The van der Waals surface area contributed by atoms with Crippen LogP contribution in [0.4, 0.5) is 0 Å². The number of likely N-dealkylation sites (tertiary alicyclic amines) is 1. The van der Waals surface area contributed by atoms with Crippen molar-refractivity contribution in [3.63, 3.8) is 0 Å². The number of rotatable bonds is 8. The molecule has 1 unspecified atom stereocenters. The van der Waals surface area contributed by atoms with Crippen molar-refractivity contribution in [3.8, 4) is 5.75 Å². The third-order valence-electron chi connectivity index (χ3n) is 4.92. The molecule has 1 saturated heterocycles. The fourth-order valence-corrected chi connectivity index (χ4v) is 3.45. The molecule has 1 fully saturated rings. The maximum absolute atomic E-state index is 12.4. The number of carbonyl (C=O) groups excluding carboxylic acids is 1. The Morgan fingerprint density at radius 2 is 2.14 bits per heavy atom. The molecule has 1 aliphatic rings. The predicted octanol–water partition coefficient (Wildman–Crippen LogP) is 3.10. The average molecular weight is 389 g/mol. The molecule has 0 radical (unpaired) electrons. The second-order valence-electron chi connectivity index (χ2n) is 7.50. The zero-order chi connectivity index (χ0) is 20.4. The van der Waals surface area contributed by atoms with E-state index in [0.717, 1.165) is 43.3 Å². The molecule has 0 saturated carbocycles. The van der Waals surface area contributed by atoms with E-state index in [4.69, 9.17) is 4.74 Å². The number of hydrogen-bond donors (Lipinski definition) is 2. The number of aryl methyl sites for hydroxylation is 1. The van der Waals surface area contributed by atoms with Gasteiger partial charge in [-0.1, -0.05) is 19.1 Å². The molecule has 2 rings (SSSR count). The Balaban J connectivity index is 1.89. The number of aliphatic imine (C=N–C) groups is 1. The highest BCUT2D eigenvalue weighted by Crippen LogP contribution is 2.21. The highest BCUT2D eigenvalue weighted by Gasteiger charge is 2.20. The van der Waals surface area contributed by atoms with Crippen LogP contribution in [0, 0.1) is 12.8 Å². The van der Waals surface area contributed by atoms with Crippen LogP contribution in [0.2, 0.25) is 0 Å². The molecule has 1 amide bonds. The van der Waals surface area contributed by atoms with E-state index in [1.807, 2.05) is 24.8 Å². The summed E-state index contributed by atoms with van der Waals surface area (Å²) in [7, 11) is 0. The molecule has 28 heavy (non-hydrogen) atoms. The summed E-state index contributed by atoms with van der Waals surface area (Å²) in [5.74, 6) is 2.45. The number of guanidine groups is 1. The van der Waals surface area contributed by atoms with Crippen LogP contribution in [0.25, 0.3) is 0 Å². The number of nitrogens with one attached hydrogen (secondary N) is 2. The third-order valence-corrected chi connectivity index (χ3v) is 4.92. The van der Waals surface area contributed by atoms with Crippen molar-refractivity contribution in [1.29, 1.82) is 0 Å². The second-order valence-corrected chi connectivity index (χ2v) is 7.50. The molecular formula is C22H36N4O2. The van der Waals surface area contributed by atoms with Crippen LogP contribution in [0.1, 0.15) is 51.2 Å². The smallest absolute Gasteiger partial charge is 0.224 e. The number of ether oxygens (including phenoxy) is 1. The van der Waals surface area contributed by atoms with Crippen LogP contribution in [0.5, 0.6) is 5.75 Å². The van der Waals surface area contributed by atoms with Gasteiger partial charge in [0.05, 0.1) is 13.2 Å². The molecule has 2 N–H and O–H groups in total. The van der Waals surface area contributed by atoms with E-state index in [0.29, 0.717) is 32.0 Å². The highest BCUT2D eigenvalue weighted by molar-refractivity contribution is 5.81. The normalized spacial score (nSPS) is 17.4. The number of piperidine rings is 1. The van der Waals surface area contributed by atoms with Crippen molar-refractivity contribution >= 4 is 11.9 Å². The summed E-state index contributed by atoms with van der Waals surface area (Å²) >= 11 is 0. The monoisotopic (exact) mass is 388 g/mol. The van der Waals surface area contributed by atoms with Gasteiger partial charge in [0.1, 0.15) is 5.75 Å². The quantitative estimate of drug-likeness (QED) is 0.530. The van der Waals surface area contributed by atoms with Gasteiger partial charge < -0.3 is 20.3 Å². The molecule has 6 nitrogen and oxygen atoms in total. The first-order valence-corrected chi connectivity index (χ1v) is 10.6. The summed E-state index contributed by atoms with van der Waals surface area (Å²) in [6.45, 7) is 12.6. The molecule has 1 aromatic rings. The van der Waals surface area contributed by atoms with E-state index in [1.165, 1.54) is 12.0 Å². The van der Waals surface area contributed by atoms with Crippen molar-refractivity contribution in [3.05, 3.63) is 29.3 Å². The van der Waals surface area contributed by atoms with Crippen molar-refractivity contribution in [2.24, 2.45) is 10.9 Å². The Bertz CT molecular complexity index is 660. The summed E-state index contributed by atoms with van der Waals surface area (Å²) < 4.78 is 5.74. The van der Waals surface area contributed by atoms with Crippen LogP contribution < -0.4 is 15.4 Å². The first-order chi connectivity index (χ1) is 13.5. The van der Waals surface area contributed by atoms with E-state index in [9.17, 15) is 4.79 Å². The number of nitrogens with zero attached hydrogens (tertiary/aromatic N) is 2. The third kappa shape index (κ3) is 7.06. The number of hydrogen-bond acceptors (Lipinski definition) is 3. The first-order valence-electron chi connectivity index (χ1n) is 10.6. The maximum Gasteiger partial charge on any atom is 0.224 e. The summed E-state index contributed by atoms with van der Waals surface area (Å²) in [4.78, 5) is 19.1. The summed E-state index contributed by atoms with van der Waals surface area (Å²) in [6, 6.07) is 6.19. The lowest BCUT2D eigenvalue weighted by molar-refractivity contribution is -0.132. The molecule has 1 aromatic carbocycles. The van der Waals surface area contributed by atoms with Crippen LogP contribution in [-0.4, -0.2) is 49.6 Å². The van der Waals surface area contributed by atoms with Crippen molar-refractivity contribution in [2.75, 3.05) is 32.8 Å². The van der Waals surface area contributed by atoms with Crippen LogP contribution >= 0.6 is 0 Å². The minimum Gasteiger partial charge on any atom is -0.494 e. The Hall–Kier alpha value is -2.24. The Morgan fingerprint density at radius 3 is 2.86 bits per heavy atom. The van der Waals surface area contributed by atoms with E-state index in [-0.39, 0.29) is 5.91 Å². The Morgan fingerprint density at radius 1 is 1.32 bits per heavy atom. The van der Waals surface area contributed by atoms with Crippen LogP contribution in [0.15, 0.2) is 23.2 Å². The minimum atomic E-state index is 0.229. The highest BCUT2D eigenvalue weighted by atomic mass is 16.5. The molecule has 0 aliphatic carbocycles. The SMILES string of the molecule is CCNC(=NCc1ccc(C)cc1OCC)NCCC(=O)N1CCCC(C)C1. The van der Waals surface area contributed by atoms with Crippen molar-refractivity contribution in [1.82, 2.24) is 15.5 Å². The summed E-state index contributed by atoms with van der Waals surface area (Å²) in [6.07, 6.45) is 2.83. The van der Waals surface area contributed by atoms with Crippen molar-refractivity contribution in [2.45, 2.75) is 53.5 Å². The molecule has 0 bridgehead atoms. The molecule has 6 heteroatoms. The van der Waals surface area contributed by atoms with Gasteiger partial charge in [-0.25, -0.2) is 4.99 Å². The molecule has 1 heterocycles. The maximum atomic E-state index is 12.4. The molecule has 0 spiro atoms. The van der Waals surface area contributed by atoms with E-state index in [2.05, 4.69) is 41.6 Å². The second kappa shape index (κ2) is 11.6. The van der Waals surface area contributed by atoms with Gasteiger partial charge in [0.25, 0.3) is 0 Å². The van der Waals surface area contributed by atoms with Crippen molar-refractivity contribution < 1.29 is 9.53 Å². The Labute approximate surface area is 169 Å². The van der Waals surface area contributed by atoms with Gasteiger partial charge in [0.15, 0.2) is 5.96 Å². The molecular weight excluding hydrogens is 352 g/mol. The van der Waals surface area contributed by atoms with E-state index in [1.54, 1.807) is 0 Å². The fourth-order valence-electron chi connectivity index (χ4n) is 3.45. The number of carbonyl (C=O) groups is 1. The molecule has 156 valence electrons. The van der Waals surface area contributed by atoms with Gasteiger partial charge in [0, 0.05) is 38.2 Å². The number of amides is 1. The van der Waals surface area contributed by atoms with Gasteiger partial charge in [-0.05, 0) is 51.2 Å². The van der Waals surface area contributed by atoms with Crippen LogP contribution in [0.3, 0.4) is 0 Å². The molecule has 0 aromatic heterocycles. The predicted molar refractivity (Wildman–Crippen MR) is 115 cm³/mol. The van der Waals surface area contributed by atoms with Gasteiger partial charge in [0.2, 0.25) is 5.91 Å². The first kappa shape index (κ1) is 22.1. The Kier molecular flexibility index (Phi) is 9.11. The largest absolute Gasteiger partial charge is 0.494 e. The zero-order valence-corrected chi connectivity index (χ0v) is 17.9. The summed E-state index contributed by atoms with van der Waals surface area (Å²) in [5, 5.41) is 6.53. The van der Waals surface area contributed by atoms with Gasteiger partial charge in [-0.3, -0.25) is 4.79 Å². The van der Waals surface area contributed by atoms with E-state index < -0.39 is 0 Å². The molecule has 1 aliphatic heterocycles. The van der Waals surface area contributed by atoms with Gasteiger partial charge >= 0.3 is 0 Å². The zero-order valence-electron chi connectivity index (χ0n) is 17.9. The van der Waals surface area contributed by atoms with Crippen LogP contribution in [-0.2, 0) is 11.3 Å². The average Bonchev–Trinajstić information content (AvgIpc) is 2.67. The van der Waals surface area contributed by atoms with Gasteiger partial charge in [-0.2, -0.15) is 0 Å². The fraction of sp³-hybridized carbons (Fsp3) is 0.636. The topological polar surface area (TPSA) is 66.0 Å². The number of benzene rings is 1. The minimum absolute atomic E-state index is 0.229. The summed E-state index contributed by atoms with van der Waals surface area (Å²) in [5.41, 5.74) is 2.23. The lowest BCUT2D eigenvalue weighted by atomic mass is 10.00. The lowest BCUT2D eigenvalue weighted by Gasteiger charge is -2.31. The lowest BCUT2D eigenvalue weighted by Crippen LogP contribution is -2.42. The van der Waals surface area contributed by atoms with Gasteiger partial charge in [-0.15, -0.1) is 0 Å². The standard InChI is InChI=1S/C22H36N4O2/c1-5-23-22(24-12-11-21(27)26-13-7-8-18(4)16-26)25-15-19-10-9-17(3)14-20(19)28-6-2/h9-10,14,18H,5-8,11-13,15-16H2,1-4H3,(H2,23,24,25). The van der Waals surface area contributed by atoms with E-state index >= 15 is 0 Å².